The van der Waals surface area contributed by atoms with Gasteiger partial charge in [0.1, 0.15) is 0 Å². The van der Waals surface area contributed by atoms with Crippen molar-refractivity contribution in [2.24, 2.45) is 4.99 Å². The maximum atomic E-state index is 12.2. The molecule has 1 saturated carbocycles. The van der Waals surface area contributed by atoms with Gasteiger partial charge in [0.05, 0.1) is 19.8 Å². The maximum absolute atomic E-state index is 12.2. The van der Waals surface area contributed by atoms with Gasteiger partial charge in [0.25, 0.3) is 0 Å². The van der Waals surface area contributed by atoms with Gasteiger partial charge >= 0.3 is 0 Å². The van der Waals surface area contributed by atoms with Crippen LogP contribution in [0.15, 0.2) is 23.2 Å². The summed E-state index contributed by atoms with van der Waals surface area (Å²) in [6.45, 7) is 9.34. The van der Waals surface area contributed by atoms with Gasteiger partial charge in [-0.05, 0) is 64.2 Å². The van der Waals surface area contributed by atoms with Crippen LogP contribution in [-0.4, -0.2) is 56.2 Å². The van der Waals surface area contributed by atoms with Crippen molar-refractivity contribution in [1.29, 1.82) is 0 Å². The molecule has 31 heavy (non-hydrogen) atoms. The Hall–Kier alpha value is -1.71. The second-order valence-corrected chi connectivity index (χ2v) is 7.45. The van der Waals surface area contributed by atoms with E-state index < -0.39 is 0 Å². The zero-order chi connectivity index (χ0) is 21.8. The maximum Gasteiger partial charge on any atom is 0.224 e. The predicted molar refractivity (Wildman–Crippen MR) is 137 cm³/mol. The Morgan fingerprint density at radius 2 is 1.84 bits per heavy atom. The molecule has 7 nitrogen and oxygen atoms in total. The Labute approximate surface area is 204 Å². The lowest BCUT2D eigenvalue weighted by atomic mass is 10.2. The van der Waals surface area contributed by atoms with Crippen LogP contribution in [0.25, 0.3) is 0 Å². The fraction of sp³-hybridized carbons (Fsp3) is 0.652. The SMILES string of the molecule is CCNC(=NCc1ccc(OC)c(OC2CCCC2)c1)NCCC(=O)N(CC)CC.I. The molecule has 0 aromatic heterocycles. The zero-order valence-electron chi connectivity index (χ0n) is 19.4. The summed E-state index contributed by atoms with van der Waals surface area (Å²) >= 11 is 0. The van der Waals surface area contributed by atoms with Gasteiger partial charge in [0.15, 0.2) is 17.5 Å². The molecule has 0 radical (unpaired) electrons. The molecule has 1 aromatic carbocycles. The molecule has 1 amide bonds. The average Bonchev–Trinajstić information content (AvgIpc) is 3.26. The lowest BCUT2D eigenvalue weighted by Crippen LogP contribution is -2.40. The summed E-state index contributed by atoms with van der Waals surface area (Å²) in [7, 11) is 1.67. The molecule has 1 aromatic rings. The molecule has 0 unspecified atom stereocenters. The fourth-order valence-electron chi connectivity index (χ4n) is 3.63. The predicted octanol–water partition coefficient (Wildman–Crippen LogP) is 3.95. The number of nitrogens with zero attached hydrogens (tertiary/aromatic N) is 2. The van der Waals surface area contributed by atoms with Crippen molar-refractivity contribution in [3.05, 3.63) is 23.8 Å². The largest absolute Gasteiger partial charge is 0.493 e. The van der Waals surface area contributed by atoms with Crippen LogP contribution in [0.4, 0.5) is 0 Å². The van der Waals surface area contributed by atoms with Crippen molar-refractivity contribution >= 4 is 35.8 Å². The number of carbonyl (C=O) groups is 1. The first kappa shape index (κ1) is 27.3. The van der Waals surface area contributed by atoms with Crippen LogP contribution >= 0.6 is 24.0 Å². The number of ether oxygens (including phenoxy) is 2. The molecule has 0 atom stereocenters. The van der Waals surface area contributed by atoms with Crippen LogP contribution < -0.4 is 20.1 Å². The summed E-state index contributed by atoms with van der Waals surface area (Å²) in [6.07, 6.45) is 5.39. The Morgan fingerprint density at radius 3 is 2.45 bits per heavy atom. The Morgan fingerprint density at radius 1 is 1.13 bits per heavy atom. The molecule has 0 spiro atoms. The van der Waals surface area contributed by atoms with Gasteiger partial charge < -0.3 is 25.0 Å². The van der Waals surface area contributed by atoms with E-state index in [-0.39, 0.29) is 36.0 Å². The monoisotopic (exact) mass is 546 g/mol. The van der Waals surface area contributed by atoms with E-state index >= 15 is 0 Å². The van der Waals surface area contributed by atoms with Gasteiger partial charge in [-0.2, -0.15) is 0 Å². The molecule has 2 rings (SSSR count). The van der Waals surface area contributed by atoms with Crippen molar-refractivity contribution in [2.75, 3.05) is 33.3 Å². The number of aliphatic imine (C=N–C) groups is 1. The van der Waals surface area contributed by atoms with Crippen molar-refractivity contribution < 1.29 is 14.3 Å². The van der Waals surface area contributed by atoms with E-state index in [1.165, 1.54) is 12.8 Å². The molecule has 1 aliphatic rings. The average molecular weight is 546 g/mol. The highest BCUT2D eigenvalue weighted by molar-refractivity contribution is 14.0. The number of rotatable bonds is 11. The van der Waals surface area contributed by atoms with Crippen LogP contribution in [-0.2, 0) is 11.3 Å². The molecule has 8 heteroatoms. The van der Waals surface area contributed by atoms with Gasteiger partial charge in [-0.1, -0.05) is 6.07 Å². The number of hydrogen-bond acceptors (Lipinski definition) is 4. The Balaban J connectivity index is 0.00000480. The lowest BCUT2D eigenvalue weighted by molar-refractivity contribution is -0.130. The summed E-state index contributed by atoms with van der Waals surface area (Å²) in [5.41, 5.74) is 1.06. The van der Waals surface area contributed by atoms with Gasteiger partial charge in [-0.15, -0.1) is 24.0 Å². The molecule has 1 aliphatic carbocycles. The van der Waals surface area contributed by atoms with E-state index in [9.17, 15) is 4.79 Å². The summed E-state index contributed by atoms with van der Waals surface area (Å²) in [4.78, 5) is 18.7. The molecule has 0 heterocycles. The van der Waals surface area contributed by atoms with E-state index in [2.05, 4.69) is 15.6 Å². The zero-order valence-corrected chi connectivity index (χ0v) is 21.7. The van der Waals surface area contributed by atoms with Crippen LogP contribution in [0.2, 0.25) is 0 Å². The second-order valence-electron chi connectivity index (χ2n) is 7.45. The number of nitrogens with one attached hydrogen (secondary N) is 2. The summed E-state index contributed by atoms with van der Waals surface area (Å²) < 4.78 is 11.6. The molecule has 0 bridgehead atoms. The first-order valence-electron chi connectivity index (χ1n) is 11.2. The molecule has 2 N–H and O–H groups in total. The molecular weight excluding hydrogens is 507 g/mol. The first-order chi connectivity index (χ1) is 14.6. The van der Waals surface area contributed by atoms with Crippen molar-refractivity contribution in [3.8, 4) is 11.5 Å². The van der Waals surface area contributed by atoms with E-state index in [4.69, 9.17) is 9.47 Å². The van der Waals surface area contributed by atoms with Crippen molar-refractivity contribution in [2.45, 2.75) is 65.5 Å². The highest BCUT2D eigenvalue weighted by atomic mass is 127. The number of amides is 1. The Kier molecular flexibility index (Phi) is 13.4. The minimum Gasteiger partial charge on any atom is -0.493 e. The highest BCUT2D eigenvalue weighted by Crippen LogP contribution is 2.32. The van der Waals surface area contributed by atoms with Gasteiger partial charge in [-0.3, -0.25) is 4.79 Å². The van der Waals surface area contributed by atoms with E-state index in [0.717, 1.165) is 49.5 Å². The highest BCUT2D eigenvalue weighted by Gasteiger charge is 2.18. The molecule has 1 fully saturated rings. The van der Waals surface area contributed by atoms with Crippen LogP contribution in [0.1, 0.15) is 58.4 Å². The number of halogens is 1. The fourth-order valence-corrected chi connectivity index (χ4v) is 3.63. The van der Waals surface area contributed by atoms with E-state index in [1.807, 2.05) is 43.9 Å². The molecule has 176 valence electrons. The van der Waals surface area contributed by atoms with E-state index in [1.54, 1.807) is 7.11 Å². The number of guanidine groups is 1. The number of hydrogen-bond donors (Lipinski definition) is 2. The topological polar surface area (TPSA) is 75.2 Å². The smallest absolute Gasteiger partial charge is 0.224 e. The van der Waals surface area contributed by atoms with E-state index in [0.29, 0.717) is 25.5 Å². The minimum absolute atomic E-state index is 0. The third kappa shape index (κ3) is 9.13. The first-order valence-corrected chi connectivity index (χ1v) is 11.2. The van der Waals surface area contributed by atoms with Crippen molar-refractivity contribution in [1.82, 2.24) is 15.5 Å². The standard InChI is InChI=1S/C23H38N4O3.HI/c1-5-24-23(25-15-14-22(28)27(6-2)7-3)26-17-18-12-13-20(29-4)21(16-18)30-19-10-8-9-11-19;/h12-13,16,19H,5-11,14-15,17H2,1-4H3,(H2,24,25,26);1H. The second kappa shape index (κ2) is 15.2. The number of carbonyl (C=O) groups excluding carboxylic acids is 1. The Bertz CT molecular complexity index is 689. The van der Waals surface area contributed by atoms with Gasteiger partial charge in [-0.25, -0.2) is 4.99 Å². The van der Waals surface area contributed by atoms with Crippen molar-refractivity contribution in [3.63, 3.8) is 0 Å². The molecular formula is C23H39IN4O3. The minimum atomic E-state index is 0. The lowest BCUT2D eigenvalue weighted by Gasteiger charge is -2.19. The quantitative estimate of drug-likeness (QED) is 0.250. The van der Waals surface area contributed by atoms with Crippen LogP contribution in [0.3, 0.4) is 0 Å². The van der Waals surface area contributed by atoms with Crippen LogP contribution in [0, 0.1) is 0 Å². The van der Waals surface area contributed by atoms with Crippen LogP contribution in [0.5, 0.6) is 11.5 Å². The number of methoxy groups -OCH3 is 1. The van der Waals surface area contributed by atoms with Gasteiger partial charge in [0, 0.05) is 32.6 Å². The third-order valence-corrected chi connectivity index (χ3v) is 5.34. The third-order valence-electron chi connectivity index (χ3n) is 5.34. The normalized spacial score (nSPS) is 14.0. The summed E-state index contributed by atoms with van der Waals surface area (Å²) in [5.74, 6) is 2.42. The summed E-state index contributed by atoms with van der Waals surface area (Å²) in [5, 5.41) is 6.49. The number of benzene rings is 1. The molecule has 0 saturated heterocycles. The summed E-state index contributed by atoms with van der Waals surface area (Å²) in [6, 6.07) is 5.98. The van der Waals surface area contributed by atoms with Gasteiger partial charge in [0.2, 0.25) is 5.91 Å². The molecule has 0 aliphatic heterocycles.